The van der Waals surface area contributed by atoms with Crippen molar-refractivity contribution in [1.29, 1.82) is 0 Å². The molecule has 0 radical (unpaired) electrons. The van der Waals surface area contributed by atoms with Crippen molar-refractivity contribution in [1.82, 2.24) is 15.1 Å². The van der Waals surface area contributed by atoms with E-state index in [1.54, 1.807) is 0 Å². The number of amides is 1. The molecule has 0 bridgehead atoms. The van der Waals surface area contributed by atoms with E-state index in [1.807, 2.05) is 13.8 Å². The van der Waals surface area contributed by atoms with Crippen LogP contribution < -0.4 is 16.4 Å². The maximum atomic E-state index is 11.6. The lowest BCUT2D eigenvalue weighted by molar-refractivity contribution is -0.122. The molecule has 1 aromatic heterocycles. The number of hydrogen-bond donors (Lipinski definition) is 2. The molecule has 17 heavy (non-hydrogen) atoms. The minimum absolute atomic E-state index is 0.0682. The van der Waals surface area contributed by atoms with E-state index >= 15 is 0 Å². The molecule has 1 heterocycles. The predicted octanol–water partition coefficient (Wildman–Crippen LogP) is -0.159. The monoisotopic (exact) mass is 239 g/mol. The minimum Gasteiger partial charge on any atom is -0.352 e. The molecular formula is C11H17N3O3. The molecular weight excluding hydrogens is 222 g/mol. The SMILES string of the molecule is CCC[C@@H](C)NC(=O)Cn1[nH]c(=O)ccc1=O. The van der Waals surface area contributed by atoms with E-state index in [-0.39, 0.29) is 18.5 Å². The van der Waals surface area contributed by atoms with Crippen LogP contribution in [0.2, 0.25) is 0 Å². The van der Waals surface area contributed by atoms with Gasteiger partial charge in [0.1, 0.15) is 6.54 Å². The van der Waals surface area contributed by atoms with Crippen LogP contribution in [0.3, 0.4) is 0 Å². The summed E-state index contributed by atoms with van der Waals surface area (Å²) in [5, 5.41) is 5.05. The number of H-pyrrole nitrogens is 1. The van der Waals surface area contributed by atoms with Crippen LogP contribution in [0.25, 0.3) is 0 Å². The van der Waals surface area contributed by atoms with E-state index in [0.29, 0.717) is 0 Å². The molecule has 6 heteroatoms. The zero-order chi connectivity index (χ0) is 12.8. The maximum Gasteiger partial charge on any atom is 0.265 e. The largest absolute Gasteiger partial charge is 0.352 e. The Morgan fingerprint density at radius 3 is 2.82 bits per heavy atom. The molecule has 0 fully saturated rings. The van der Waals surface area contributed by atoms with Crippen molar-refractivity contribution < 1.29 is 4.79 Å². The Kier molecular flexibility index (Phi) is 4.68. The number of nitrogens with one attached hydrogen (secondary N) is 2. The van der Waals surface area contributed by atoms with Gasteiger partial charge in [-0.25, -0.2) is 4.68 Å². The Balaban J connectivity index is 2.65. The molecule has 0 aromatic carbocycles. The predicted molar refractivity (Wildman–Crippen MR) is 63.8 cm³/mol. The van der Waals surface area contributed by atoms with Gasteiger partial charge >= 0.3 is 0 Å². The number of carbonyl (C=O) groups excluding carboxylic acids is 1. The summed E-state index contributed by atoms with van der Waals surface area (Å²) in [4.78, 5) is 33.9. The third-order valence-electron chi connectivity index (χ3n) is 2.32. The number of nitrogens with zero attached hydrogens (tertiary/aromatic N) is 1. The Bertz CT molecular complexity index is 489. The van der Waals surface area contributed by atoms with Gasteiger partial charge in [-0.2, -0.15) is 0 Å². The Labute approximate surface area is 98.6 Å². The van der Waals surface area contributed by atoms with Crippen molar-refractivity contribution in [2.45, 2.75) is 39.3 Å². The molecule has 1 amide bonds. The van der Waals surface area contributed by atoms with E-state index in [1.165, 1.54) is 0 Å². The van der Waals surface area contributed by atoms with E-state index in [0.717, 1.165) is 29.7 Å². The third kappa shape index (κ3) is 4.26. The molecule has 0 unspecified atom stereocenters. The molecule has 1 atom stereocenters. The molecule has 1 rings (SSSR count). The van der Waals surface area contributed by atoms with Crippen LogP contribution >= 0.6 is 0 Å². The van der Waals surface area contributed by atoms with Crippen LogP contribution in [0.5, 0.6) is 0 Å². The topological polar surface area (TPSA) is 84.0 Å². The summed E-state index contributed by atoms with van der Waals surface area (Å²) in [6.45, 7) is 3.77. The fourth-order valence-corrected chi connectivity index (χ4v) is 1.55. The Hall–Kier alpha value is -1.85. The lowest BCUT2D eigenvalue weighted by atomic mass is 10.2. The summed E-state index contributed by atoms with van der Waals surface area (Å²) >= 11 is 0. The fraction of sp³-hybridized carbons (Fsp3) is 0.545. The molecule has 0 aliphatic rings. The van der Waals surface area contributed by atoms with Crippen molar-refractivity contribution in [2.75, 3.05) is 0 Å². The highest BCUT2D eigenvalue weighted by Crippen LogP contribution is 1.94. The molecule has 1 aromatic rings. The van der Waals surface area contributed by atoms with Gasteiger partial charge in [0.25, 0.3) is 11.1 Å². The van der Waals surface area contributed by atoms with Gasteiger partial charge < -0.3 is 5.32 Å². The minimum atomic E-state index is -0.404. The molecule has 0 saturated heterocycles. The summed E-state index contributed by atoms with van der Waals surface area (Å²) < 4.78 is 0.996. The standard InChI is InChI=1S/C11H17N3O3/c1-3-4-8(2)12-10(16)7-14-11(17)6-5-9(15)13-14/h5-6,8H,3-4,7H2,1-2H3,(H,12,16)(H,13,15)/t8-/m1/s1. The molecule has 2 N–H and O–H groups in total. The van der Waals surface area contributed by atoms with Gasteiger partial charge in [0.15, 0.2) is 0 Å². The molecule has 94 valence electrons. The summed E-state index contributed by atoms with van der Waals surface area (Å²) in [6, 6.07) is 2.34. The van der Waals surface area contributed by atoms with E-state index in [9.17, 15) is 14.4 Å². The van der Waals surface area contributed by atoms with Gasteiger partial charge in [-0.1, -0.05) is 13.3 Å². The first-order valence-electron chi connectivity index (χ1n) is 5.62. The average molecular weight is 239 g/mol. The van der Waals surface area contributed by atoms with E-state index < -0.39 is 11.1 Å². The lowest BCUT2D eigenvalue weighted by Gasteiger charge is -2.13. The number of aromatic amines is 1. The summed E-state index contributed by atoms with van der Waals surface area (Å²) in [7, 11) is 0. The molecule has 0 aliphatic carbocycles. The zero-order valence-corrected chi connectivity index (χ0v) is 10.0. The average Bonchev–Trinajstić information content (AvgIpc) is 2.23. The van der Waals surface area contributed by atoms with Crippen molar-refractivity contribution in [3.63, 3.8) is 0 Å². The molecule has 0 spiro atoms. The Morgan fingerprint density at radius 1 is 1.47 bits per heavy atom. The highest BCUT2D eigenvalue weighted by atomic mass is 16.2. The lowest BCUT2D eigenvalue weighted by Crippen LogP contribution is -2.39. The fourth-order valence-electron chi connectivity index (χ4n) is 1.55. The summed E-state index contributed by atoms with van der Waals surface area (Å²) in [6.07, 6.45) is 1.86. The van der Waals surface area contributed by atoms with Crippen LogP contribution in [0.4, 0.5) is 0 Å². The maximum absolute atomic E-state index is 11.6. The zero-order valence-electron chi connectivity index (χ0n) is 10.0. The second-order valence-corrected chi connectivity index (χ2v) is 3.99. The van der Waals surface area contributed by atoms with Crippen LogP contribution in [-0.2, 0) is 11.3 Å². The van der Waals surface area contributed by atoms with Crippen molar-refractivity contribution in [2.24, 2.45) is 0 Å². The second kappa shape index (κ2) is 6.03. The third-order valence-corrected chi connectivity index (χ3v) is 2.32. The highest BCUT2D eigenvalue weighted by Gasteiger charge is 2.08. The quantitative estimate of drug-likeness (QED) is 0.749. The van der Waals surface area contributed by atoms with Crippen molar-refractivity contribution in [3.05, 3.63) is 32.8 Å². The first-order chi connectivity index (χ1) is 8.02. The second-order valence-electron chi connectivity index (χ2n) is 3.99. The van der Waals surface area contributed by atoms with Gasteiger partial charge in [-0.05, 0) is 13.3 Å². The summed E-state index contributed by atoms with van der Waals surface area (Å²) in [5.74, 6) is -0.282. The number of rotatable bonds is 5. The van der Waals surface area contributed by atoms with E-state index in [2.05, 4.69) is 10.4 Å². The van der Waals surface area contributed by atoms with Gasteiger partial charge in [0, 0.05) is 18.2 Å². The normalized spacial score (nSPS) is 12.1. The van der Waals surface area contributed by atoms with Gasteiger partial charge in [0.2, 0.25) is 5.91 Å². The number of aromatic nitrogens is 2. The first-order valence-corrected chi connectivity index (χ1v) is 5.62. The highest BCUT2D eigenvalue weighted by molar-refractivity contribution is 5.75. The van der Waals surface area contributed by atoms with Crippen LogP contribution in [-0.4, -0.2) is 21.7 Å². The van der Waals surface area contributed by atoms with Crippen molar-refractivity contribution >= 4 is 5.91 Å². The van der Waals surface area contributed by atoms with Crippen LogP contribution in [0.1, 0.15) is 26.7 Å². The van der Waals surface area contributed by atoms with Gasteiger partial charge in [0.05, 0.1) is 0 Å². The van der Waals surface area contributed by atoms with Gasteiger partial charge in [-0.15, -0.1) is 0 Å². The number of hydrogen-bond acceptors (Lipinski definition) is 3. The summed E-state index contributed by atoms with van der Waals surface area (Å²) in [5.41, 5.74) is -0.804. The first kappa shape index (κ1) is 13.2. The van der Waals surface area contributed by atoms with Crippen LogP contribution in [0, 0.1) is 0 Å². The smallest absolute Gasteiger partial charge is 0.265 e. The van der Waals surface area contributed by atoms with E-state index in [4.69, 9.17) is 0 Å². The van der Waals surface area contributed by atoms with Crippen molar-refractivity contribution in [3.8, 4) is 0 Å². The Morgan fingerprint density at radius 2 is 2.18 bits per heavy atom. The van der Waals surface area contributed by atoms with Crippen LogP contribution in [0.15, 0.2) is 21.7 Å². The molecule has 0 saturated carbocycles. The molecule has 0 aliphatic heterocycles. The molecule has 6 nitrogen and oxygen atoms in total. The van der Waals surface area contributed by atoms with Gasteiger partial charge in [-0.3, -0.25) is 19.5 Å². The number of carbonyl (C=O) groups is 1.